The normalized spacial score (nSPS) is 14.8. The molecule has 1 unspecified atom stereocenters. The summed E-state index contributed by atoms with van der Waals surface area (Å²) in [5, 5.41) is 3.35. The molecule has 160 valence electrons. The number of ether oxygens (including phenoxy) is 1. The Morgan fingerprint density at radius 2 is 1.78 bits per heavy atom. The quantitative estimate of drug-likeness (QED) is 0.438. The van der Waals surface area contributed by atoms with Crippen LogP contribution in [0.2, 0.25) is 0 Å². The van der Waals surface area contributed by atoms with Gasteiger partial charge in [0.05, 0.1) is 23.4 Å². The Morgan fingerprint density at radius 3 is 2.47 bits per heavy atom. The number of thiazole rings is 1. The van der Waals surface area contributed by atoms with Crippen LogP contribution in [0.25, 0.3) is 10.2 Å². The van der Waals surface area contributed by atoms with Gasteiger partial charge in [-0.25, -0.2) is 9.37 Å². The number of amides is 2. The van der Waals surface area contributed by atoms with Crippen molar-refractivity contribution < 1.29 is 18.7 Å². The fourth-order valence-corrected chi connectivity index (χ4v) is 4.18. The Balaban J connectivity index is 1.34. The van der Waals surface area contributed by atoms with E-state index in [4.69, 9.17) is 4.74 Å². The number of anilines is 2. The minimum absolute atomic E-state index is 0.166. The zero-order valence-corrected chi connectivity index (χ0v) is 17.6. The highest BCUT2D eigenvalue weighted by molar-refractivity contribution is 7.22. The Labute approximate surface area is 187 Å². The maximum absolute atomic E-state index is 13.2. The molecule has 1 aliphatic heterocycles. The summed E-state index contributed by atoms with van der Waals surface area (Å²) in [6.45, 7) is 0.664. The molecule has 32 heavy (non-hydrogen) atoms. The highest BCUT2D eigenvalue weighted by Gasteiger charge is 2.35. The van der Waals surface area contributed by atoms with Gasteiger partial charge in [-0.15, -0.1) is 0 Å². The average molecular weight is 447 g/mol. The standard InChI is InChI=1S/C24H18FN3O3S/c25-17-9-5-15(6-10-17)13-28(23(30)20-14-31-20)18-11-7-16(8-12-18)22(29)27-24-26-19-3-1-2-4-21(19)32-24/h1-12,20H,13-14H2,(H,26,27,29). The SMILES string of the molecule is O=C(Nc1nc2ccccc2s1)c1ccc(N(Cc2ccc(F)cc2)C(=O)C2CO2)cc1. The maximum Gasteiger partial charge on any atom is 0.258 e. The van der Waals surface area contributed by atoms with Crippen molar-refractivity contribution in [2.24, 2.45) is 0 Å². The summed E-state index contributed by atoms with van der Waals surface area (Å²) in [4.78, 5) is 31.4. The molecule has 6 nitrogen and oxygen atoms in total. The number of carbonyl (C=O) groups is 2. The van der Waals surface area contributed by atoms with Gasteiger partial charge in [0, 0.05) is 11.3 Å². The van der Waals surface area contributed by atoms with Crippen LogP contribution in [0.15, 0.2) is 72.8 Å². The van der Waals surface area contributed by atoms with E-state index in [1.54, 1.807) is 41.3 Å². The van der Waals surface area contributed by atoms with Gasteiger partial charge in [-0.2, -0.15) is 0 Å². The van der Waals surface area contributed by atoms with Crippen molar-refractivity contribution >= 4 is 44.2 Å². The topological polar surface area (TPSA) is 74.8 Å². The number of nitrogens with one attached hydrogen (secondary N) is 1. The summed E-state index contributed by atoms with van der Waals surface area (Å²) in [5.74, 6) is -0.779. The smallest absolute Gasteiger partial charge is 0.258 e. The molecule has 0 spiro atoms. The van der Waals surface area contributed by atoms with Gasteiger partial charge < -0.3 is 9.64 Å². The maximum atomic E-state index is 13.2. The third-order valence-electron chi connectivity index (χ3n) is 5.08. The number of para-hydroxylation sites is 1. The van der Waals surface area contributed by atoms with Crippen LogP contribution in [0, 0.1) is 5.82 Å². The van der Waals surface area contributed by atoms with Crippen LogP contribution in [0.3, 0.4) is 0 Å². The van der Waals surface area contributed by atoms with Crippen LogP contribution < -0.4 is 10.2 Å². The van der Waals surface area contributed by atoms with Crippen LogP contribution in [-0.2, 0) is 16.1 Å². The van der Waals surface area contributed by atoms with Gasteiger partial charge in [-0.1, -0.05) is 35.6 Å². The first kappa shape index (κ1) is 20.3. The molecule has 1 saturated heterocycles. The van der Waals surface area contributed by atoms with Gasteiger partial charge in [0.25, 0.3) is 11.8 Å². The molecule has 0 saturated carbocycles. The van der Waals surface area contributed by atoms with Gasteiger partial charge in [0.15, 0.2) is 11.2 Å². The molecule has 1 aliphatic rings. The van der Waals surface area contributed by atoms with Crippen molar-refractivity contribution in [3.05, 3.63) is 89.7 Å². The van der Waals surface area contributed by atoms with Crippen molar-refractivity contribution in [2.75, 3.05) is 16.8 Å². The van der Waals surface area contributed by atoms with Crippen LogP contribution in [0.5, 0.6) is 0 Å². The molecule has 4 aromatic rings. The van der Waals surface area contributed by atoms with Gasteiger partial charge in [-0.05, 0) is 54.1 Å². The number of nitrogens with zero attached hydrogens (tertiary/aromatic N) is 2. The van der Waals surface area contributed by atoms with E-state index >= 15 is 0 Å². The summed E-state index contributed by atoms with van der Waals surface area (Å²) in [6, 6.07) is 20.4. The van der Waals surface area contributed by atoms with E-state index in [2.05, 4.69) is 10.3 Å². The fraction of sp³-hybridized carbons (Fsp3) is 0.125. The Morgan fingerprint density at radius 1 is 1.06 bits per heavy atom. The second-order valence-electron chi connectivity index (χ2n) is 7.36. The van der Waals surface area contributed by atoms with E-state index in [1.807, 2.05) is 24.3 Å². The predicted molar refractivity (Wildman–Crippen MR) is 121 cm³/mol. The molecule has 0 aliphatic carbocycles. The van der Waals surface area contributed by atoms with Crippen molar-refractivity contribution in [1.82, 2.24) is 4.98 Å². The number of epoxide rings is 1. The Hall–Kier alpha value is -3.62. The lowest BCUT2D eigenvalue weighted by molar-refractivity contribution is -0.119. The third-order valence-corrected chi connectivity index (χ3v) is 6.04. The van der Waals surface area contributed by atoms with E-state index in [1.165, 1.54) is 23.5 Å². The molecule has 0 radical (unpaired) electrons. The molecule has 1 aromatic heterocycles. The lowest BCUT2D eigenvalue weighted by Crippen LogP contribution is -2.34. The van der Waals surface area contributed by atoms with Gasteiger partial charge in [-0.3, -0.25) is 14.9 Å². The van der Waals surface area contributed by atoms with Crippen LogP contribution in [-0.4, -0.2) is 29.5 Å². The molecule has 1 fully saturated rings. The van der Waals surface area contributed by atoms with Crippen molar-refractivity contribution in [2.45, 2.75) is 12.6 Å². The summed E-state index contributed by atoms with van der Waals surface area (Å²) < 4.78 is 19.4. The molecule has 1 atom stereocenters. The molecular formula is C24H18FN3O3S. The van der Waals surface area contributed by atoms with Gasteiger partial charge in [0.1, 0.15) is 5.82 Å². The number of hydrogen-bond acceptors (Lipinski definition) is 5. The minimum atomic E-state index is -0.461. The number of rotatable bonds is 6. The fourth-order valence-electron chi connectivity index (χ4n) is 3.32. The number of hydrogen-bond donors (Lipinski definition) is 1. The molecule has 0 bridgehead atoms. The minimum Gasteiger partial charge on any atom is -0.363 e. The molecule has 2 amide bonds. The number of halogens is 1. The summed E-state index contributed by atoms with van der Waals surface area (Å²) in [6.07, 6.45) is -0.461. The highest BCUT2D eigenvalue weighted by atomic mass is 32.1. The lowest BCUT2D eigenvalue weighted by atomic mass is 10.1. The first-order valence-electron chi connectivity index (χ1n) is 10.0. The highest BCUT2D eigenvalue weighted by Crippen LogP contribution is 2.27. The summed E-state index contributed by atoms with van der Waals surface area (Å²) in [5.41, 5.74) is 2.70. The largest absolute Gasteiger partial charge is 0.363 e. The van der Waals surface area contributed by atoms with E-state index in [0.717, 1.165) is 15.8 Å². The number of fused-ring (bicyclic) bond motifs is 1. The second-order valence-corrected chi connectivity index (χ2v) is 8.39. The number of benzene rings is 3. The first-order chi connectivity index (χ1) is 15.6. The predicted octanol–water partition coefficient (Wildman–Crippen LogP) is 4.62. The van der Waals surface area contributed by atoms with E-state index < -0.39 is 6.10 Å². The van der Waals surface area contributed by atoms with E-state index in [-0.39, 0.29) is 24.2 Å². The van der Waals surface area contributed by atoms with E-state index in [9.17, 15) is 14.0 Å². The Kier molecular flexibility index (Phi) is 5.38. The molecule has 8 heteroatoms. The summed E-state index contributed by atoms with van der Waals surface area (Å²) >= 11 is 1.41. The first-order valence-corrected chi connectivity index (χ1v) is 10.8. The lowest BCUT2D eigenvalue weighted by Gasteiger charge is -2.22. The van der Waals surface area contributed by atoms with Gasteiger partial charge in [0.2, 0.25) is 0 Å². The number of aromatic nitrogens is 1. The molecule has 5 rings (SSSR count). The Bertz CT molecular complexity index is 1250. The van der Waals surface area contributed by atoms with Gasteiger partial charge >= 0.3 is 0 Å². The summed E-state index contributed by atoms with van der Waals surface area (Å²) in [7, 11) is 0. The van der Waals surface area contributed by atoms with Crippen LogP contribution in [0.4, 0.5) is 15.2 Å². The zero-order chi connectivity index (χ0) is 22.1. The zero-order valence-electron chi connectivity index (χ0n) is 16.8. The molecule has 3 aromatic carbocycles. The van der Waals surface area contributed by atoms with Crippen LogP contribution >= 0.6 is 11.3 Å². The van der Waals surface area contributed by atoms with Crippen molar-refractivity contribution in [3.63, 3.8) is 0 Å². The molecular weight excluding hydrogens is 429 g/mol. The van der Waals surface area contributed by atoms with Crippen molar-refractivity contribution in [3.8, 4) is 0 Å². The van der Waals surface area contributed by atoms with Crippen molar-refractivity contribution in [1.29, 1.82) is 0 Å². The van der Waals surface area contributed by atoms with Crippen LogP contribution in [0.1, 0.15) is 15.9 Å². The number of carbonyl (C=O) groups excluding carboxylic acids is 2. The second kappa shape index (κ2) is 8.49. The monoisotopic (exact) mass is 447 g/mol. The molecule has 1 N–H and O–H groups in total. The average Bonchev–Trinajstić information content (AvgIpc) is 3.58. The molecule has 2 heterocycles. The van der Waals surface area contributed by atoms with E-state index in [0.29, 0.717) is 23.0 Å². The third kappa shape index (κ3) is 4.37.